The van der Waals surface area contributed by atoms with Crippen molar-refractivity contribution in [2.75, 3.05) is 32.3 Å². The number of nitrogens with zero attached hydrogens (tertiary/aromatic N) is 1. The molecule has 0 radical (unpaired) electrons. The van der Waals surface area contributed by atoms with Gasteiger partial charge in [-0.25, -0.2) is 4.79 Å². The number of allylic oxidation sites excluding steroid dienone is 1. The van der Waals surface area contributed by atoms with E-state index in [4.69, 9.17) is 18.6 Å². The zero-order chi connectivity index (χ0) is 25.9. The van der Waals surface area contributed by atoms with E-state index in [2.05, 4.69) is 5.32 Å². The highest BCUT2D eigenvalue weighted by Gasteiger charge is 2.20. The molecule has 2 aromatic carbocycles. The van der Waals surface area contributed by atoms with Gasteiger partial charge in [0.15, 0.2) is 24.7 Å². The molecule has 0 atom stereocenters. The van der Waals surface area contributed by atoms with E-state index in [0.717, 1.165) is 5.56 Å². The molecule has 0 saturated heterocycles. The topological polar surface area (TPSA) is 107 Å². The number of anilines is 1. The standard InChI is InChI=1S/C27H28N2O7/c1-4-8-19-12-13-23(24(15-19)33-3)35-18-26(31)36-17-25(30)29(2)22-11-6-5-10-21(22)27(32)28-16-20-9-7-14-34-20/h4-15H,16-18H2,1-3H3,(H,28,32)/b8-4+. The predicted octanol–water partition coefficient (Wildman–Crippen LogP) is 3.84. The van der Waals surface area contributed by atoms with Crippen molar-refractivity contribution in [1.29, 1.82) is 0 Å². The minimum absolute atomic E-state index is 0.207. The first-order valence-electron chi connectivity index (χ1n) is 11.2. The number of esters is 1. The molecule has 1 aromatic heterocycles. The lowest BCUT2D eigenvalue weighted by Gasteiger charge is -2.20. The van der Waals surface area contributed by atoms with Crippen molar-refractivity contribution in [3.63, 3.8) is 0 Å². The lowest BCUT2D eigenvalue weighted by atomic mass is 10.1. The summed E-state index contributed by atoms with van der Waals surface area (Å²) in [5.41, 5.74) is 1.59. The number of para-hydroxylation sites is 1. The summed E-state index contributed by atoms with van der Waals surface area (Å²) in [4.78, 5) is 38.8. The van der Waals surface area contributed by atoms with Crippen LogP contribution in [0.3, 0.4) is 0 Å². The summed E-state index contributed by atoms with van der Waals surface area (Å²) < 4.78 is 21.1. The quantitative estimate of drug-likeness (QED) is 0.405. The van der Waals surface area contributed by atoms with Crippen molar-refractivity contribution in [2.45, 2.75) is 13.5 Å². The summed E-state index contributed by atoms with van der Waals surface area (Å²) in [6.45, 7) is 1.19. The van der Waals surface area contributed by atoms with Crippen molar-refractivity contribution in [2.24, 2.45) is 0 Å². The van der Waals surface area contributed by atoms with Gasteiger partial charge in [0.05, 0.1) is 31.2 Å². The molecule has 2 amide bonds. The SMILES string of the molecule is C/C=C/c1ccc(OCC(=O)OCC(=O)N(C)c2ccccc2C(=O)NCc2ccco2)c(OC)c1. The van der Waals surface area contributed by atoms with Gasteiger partial charge in [-0.1, -0.05) is 30.4 Å². The van der Waals surface area contributed by atoms with Gasteiger partial charge in [0, 0.05) is 7.05 Å². The number of nitrogens with one attached hydrogen (secondary N) is 1. The average Bonchev–Trinajstić information content (AvgIpc) is 3.43. The number of ether oxygens (including phenoxy) is 3. The fraction of sp³-hybridized carbons (Fsp3) is 0.222. The molecule has 0 saturated carbocycles. The van der Waals surface area contributed by atoms with Gasteiger partial charge in [0.2, 0.25) is 0 Å². The number of likely N-dealkylation sites (N-methyl/N-ethyl adjacent to an activating group) is 1. The second kappa shape index (κ2) is 12.8. The smallest absolute Gasteiger partial charge is 0.344 e. The van der Waals surface area contributed by atoms with Crippen LogP contribution in [0.15, 0.2) is 71.4 Å². The average molecular weight is 493 g/mol. The van der Waals surface area contributed by atoms with Crippen molar-refractivity contribution in [3.8, 4) is 11.5 Å². The van der Waals surface area contributed by atoms with Gasteiger partial charge < -0.3 is 28.8 Å². The van der Waals surface area contributed by atoms with Crippen LogP contribution in [-0.4, -0.2) is 45.2 Å². The van der Waals surface area contributed by atoms with Crippen LogP contribution >= 0.6 is 0 Å². The van der Waals surface area contributed by atoms with Crippen LogP contribution in [0.1, 0.15) is 28.6 Å². The van der Waals surface area contributed by atoms with Gasteiger partial charge in [-0.05, 0) is 48.9 Å². The highest BCUT2D eigenvalue weighted by atomic mass is 16.6. The molecule has 3 rings (SSSR count). The lowest BCUT2D eigenvalue weighted by Crippen LogP contribution is -2.34. The second-order valence-corrected chi connectivity index (χ2v) is 7.59. The molecule has 0 fully saturated rings. The van der Waals surface area contributed by atoms with Crippen molar-refractivity contribution in [3.05, 3.63) is 83.8 Å². The first kappa shape index (κ1) is 26.1. The van der Waals surface area contributed by atoms with E-state index < -0.39 is 25.1 Å². The zero-order valence-corrected chi connectivity index (χ0v) is 20.4. The van der Waals surface area contributed by atoms with Crippen LogP contribution in [0.4, 0.5) is 5.69 Å². The summed E-state index contributed by atoms with van der Waals surface area (Å²) in [6.07, 6.45) is 5.32. The summed E-state index contributed by atoms with van der Waals surface area (Å²) in [6, 6.07) is 15.4. The van der Waals surface area contributed by atoms with E-state index in [0.29, 0.717) is 28.5 Å². The third-order valence-electron chi connectivity index (χ3n) is 5.14. The number of methoxy groups -OCH3 is 1. The maximum Gasteiger partial charge on any atom is 0.344 e. The number of rotatable bonds is 11. The summed E-state index contributed by atoms with van der Waals surface area (Å²) in [5, 5.41) is 2.75. The van der Waals surface area contributed by atoms with Crippen molar-refractivity contribution < 1.29 is 33.0 Å². The Balaban J connectivity index is 1.54. The number of furan rings is 1. The van der Waals surface area contributed by atoms with Crippen LogP contribution in [0, 0.1) is 0 Å². The first-order chi connectivity index (χ1) is 17.4. The van der Waals surface area contributed by atoms with Gasteiger partial charge >= 0.3 is 5.97 Å². The highest BCUT2D eigenvalue weighted by molar-refractivity contribution is 6.05. The maximum atomic E-state index is 12.7. The predicted molar refractivity (Wildman–Crippen MR) is 134 cm³/mol. The van der Waals surface area contributed by atoms with Crippen molar-refractivity contribution >= 4 is 29.5 Å². The van der Waals surface area contributed by atoms with Crippen molar-refractivity contribution in [1.82, 2.24) is 5.32 Å². The van der Waals surface area contributed by atoms with E-state index >= 15 is 0 Å². The van der Waals surface area contributed by atoms with E-state index in [9.17, 15) is 14.4 Å². The van der Waals surface area contributed by atoms with E-state index in [1.54, 1.807) is 48.5 Å². The third-order valence-corrected chi connectivity index (χ3v) is 5.14. The molecule has 0 aliphatic rings. The number of amides is 2. The van der Waals surface area contributed by atoms with Crippen LogP contribution in [0.25, 0.3) is 6.08 Å². The minimum Gasteiger partial charge on any atom is -0.493 e. The number of hydrogen-bond donors (Lipinski definition) is 1. The van der Waals surface area contributed by atoms with E-state index in [-0.39, 0.29) is 12.5 Å². The second-order valence-electron chi connectivity index (χ2n) is 7.59. The van der Waals surface area contributed by atoms with E-state index in [1.165, 1.54) is 25.3 Å². The molecule has 9 nitrogen and oxygen atoms in total. The monoisotopic (exact) mass is 492 g/mol. The van der Waals surface area contributed by atoms with Crippen LogP contribution < -0.4 is 19.7 Å². The Morgan fingerprint density at radius 3 is 2.56 bits per heavy atom. The molecule has 0 aliphatic carbocycles. The van der Waals surface area contributed by atoms with E-state index in [1.807, 2.05) is 25.1 Å². The molecule has 9 heteroatoms. The Morgan fingerprint density at radius 2 is 1.83 bits per heavy atom. The Morgan fingerprint density at radius 1 is 1.03 bits per heavy atom. The summed E-state index contributed by atoms with van der Waals surface area (Å²) in [5.74, 6) is -0.160. The van der Waals surface area contributed by atoms with Gasteiger partial charge in [-0.2, -0.15) is 0 Å². The van der Waals surface area contributed by atoms with Crippen LogP contribution in [0.5, 0.6) is 11.5 Å². The summed E-state index contributed by atoms with van der Waals surface area (Å²) in [7, 11) is 3.01. The maximum absolute atomic E-state index is 12.7. The van der Waals surface area contributed by atoms with Crippen LogP contribution in [-0.2, 0) is 20.9 Å². The molecule has 0 aliphatic heterocycles. The summed E-state index contributed by atoms with van der Waals surface area (Å²) >= 11 is 0. The zero-order valence-electron chi connectivity index (χ0n) is 20.4. The molecule has 0 unspecified atom stereocenters. The molecular weight excluding hydrogens is 464 g/mol. The molecule has 188 valence electrons. The Hall–Kier alpha value is -4.53. The lowest BCUT2D eigenvalue weighted by molar-refractivity contribution is -0.149. The Labute approximate surface area is 209 Å². The van der Waals surface area contributed by atoms with Crippen LogP contribution in [0.2, 0.25) is 0 Å². The molecular formula is C27H28N2O7. The molecule has 1 N–H and O–H groups in total. The highest BCUT2D eigenvalue weighted by Crippen LogP contribution is 2.28. The number of carbonyl (C=O) groups excluding carboxylic acids is 3. The van der Waals surface area contributed by atoms with Gasteiger partial charge in [-0.3, -0.25) is 9.59 Å². The van der Waals surface area contributed by atoms with Gasteiger partial charge in [-0.15, -0.1) is 0 Å². The molecule has 0 bridgehead atoms. The first-order valence-corrected chi connectivity index (χ1v) is 11.2. The normalized spacial score (nSPS) is 10.6. The third kappa shape index (κ3) is 6.99. The Kier molecular flexibility index (Phi) is 9.27. The fourth-order valence-electron chi connectivity index (χ4n) is 3.29. The number of benzene rings is 2. The minimum atomic E-state index is -0.721. The molecule has 36 heavy (non-hydrogen) atoms. The molecule has 3 aromatic rings. The largest absolute Gasteiger partial charge is 0.493 e. The number of carbonyl (C=O) groups is 3. The number of hydrogen-bond acceptors (Lipinski definition) is 7. The Bertz CT molecular complexity index is 1220. The van der Waals surface area contributed by atoms with Gasteiger partial charge in [0.25, 0.3) is 11.8 Å². The molecule has 1 heterocycles. The van der Waals surface area contributed by atoms with Gasteiger partial charge in [0.1, 0.15) is 5.76 Å². The fourth-order valence-corrected chi connectivity index (χ4v) is 3.29. The molecule has 0 spiro atoms.